The Bertz CT molecular complexity index is 1260. The van der Waals surface area contributed by atoms with Crippen molar-refractivity contribution in [2.45, 2.75) is 6.42 Å². The normalized spacial score (nSPS) is 10.8. The van der Waals surface area contributed by atoms with Crippen LogP contribution in [0.5, 0.6) is 23.0 Å². The van der Waals surface area contributed by atoms with Gasteiger partial charge in [-0.05, 0) is 30.3 Å². The van der Waals surface area contributed by atoms with Crippen molar-refractivity contribution in [3.8, 4) is 34.4 Å². The van der Waals surface area contributed by atoms with Crippen molar-refractivity contribution in [1.82, 2.24) is 19.9 Å². The lowest BCUT2D eigenvalue weighted by Crippen LogP contribution is -2.26. The van der Waals surface area contributed by atoms with Crippen molar-refractivity contribution in [3.05, 3.63) is 53.0 Å². The van der Waals surface area contributed by atoms with Crippen LogP contribution in [0.1, 0.15) is 16.1 Å². The Balaban J connectivity index is 1.46. The molecule has 0 radical (unpaired) electrons. The number of fused-ring (bicyclic) bond motifs is 1. The van der Waals surface area contributed by atoms with Gasteiger partial charge in [0.15, 0.2) is 17.3 Å². The number of methoxy groups -OCH3 is 4. The van der Waals surface area contributed by atoms with Crippen molar-refractivity contribution in [1.29, 1.82) is 0 Å². The number of amides is 1. The molecule has 0 unspecified atom stereocenters. The molecule has 4 aromatic rings. The van der Waals surface area contributed by atoms with E-state index in [9.17, 15) is 4.79 Å². The maximum Gasteiger partial charge on any atom is 0.251 e. The molecule has 33 heavy (non-hydrogen) atoms. The molecule has 0 aliphatic carbocycles. The summed E-state index contributed by atoms with van der Waals surface area (Å²) in [7, 11) is 6.28. The van der Waals surface area contributed by atoms with Gasteiger partial charge in [0.05, 0.1) is 34.1 Å². The molecule has 0 aliphatic heterocycles. The average molecular weight is 469 g/mol. The summed E-state index contributed by atoms with van der Waals surface area (Å²) >= 11 is 1.50. The molecule has 0 aliphatic rings. The summed E-state index contributed by atoms with van der Waals surface area (Å²) in [5.41, 5.74) is 2.26. The van der Waals surface area contributed by atoms with Crippen molar-refractivity contribution in [2.75, 3.05) is 35.0 Å². The zero-order valence-corrected chi connectivity index (χ0v) is 19.6. The molecule has 0 saturated carbocycles. The number of nitrogens with zero attached hydrogens (tertiary/aromatic N) is 3. The molecule has 2 aromatic carbocycles. The molecule has 2 aromatic heterocycles. The first-order chi connectivity index (χ1) is 16.1. The third kappa shape index (κ3) is 4.70. The lowest BCUT2D eigenvalue weighted by molar-refractivity contribution is 0.0953. The fourth-order valence-corrected chi connectivity index (χ4v) is 4.20. The highest BCUT2D eigenvalue weighted by molar-refractivity contribution is 7.15. The second-order valence-corrected chi connectivity index (χ2v) is 7.87. The van der Waals surface area contributed by atoms with Gasteiger partial charge in [0.1, 0.15) is 11.5 Å². The van der Waals surface area contributed by atoms with Gasteiger partial charge in [-0.1, -0.05) is 0 Å². The summed E-state index contributed by atoms with van der Waals surface area (Å²) in [5.74, 6) is 2.77. The van der Waals surface area contributed by atoms with Gasteiger partial charge < -0.3 is 24.3 Å². The van der Waals surface area contributed by atoms with E-state index in [4.69, 9.17) is 18.9 Å². The van der Waals surface area contributed by atoms with Crippen molar-refractivity contribution in [3.63, 3.8) is 0 Å². The summed E-state index contributed by atoms with van der Waals surface area (Å²) in [5, 5.41) is 9.58. The molecule has 10 heteroatoms. The number of nitrogens with one attached hydrogen (secondary N) is 1. The van der Waals surface area contributed by atoms with Crippen LogP contribution in [-0.4, -0.2) is 55.5 Å². The number of aromatic nitrogens is 3. The van der Waals surface area contributed by atoms with Gasteiger partial charge in [0, 0.05) is 35.5 Å². The molecule has 9 nitrogen and oxygen atoms in total. The topological polar surface area (TPSA) is 96.2 Å². The lowest BCUT2D eigenvalue weighted by atomic mass is 10.2. The Kier molecular flexibility index (Phi) is 6.64. The van der Waals surface area contributed by atoms with Crippen LogP contribution >= 0.6 is 11.3 Å². The predicted molar refractivity (Wildman–Crippen MR) is 125 cm³/mol. The Morgan fingerprint density at radius 1 is 0.970 bits per heavy atom. The Morgan fingerprint density at radius 3 is 2.36 bits per heavy atom. The first-order valence-electron chi connectivity index (χ1n) is 10.1. The number of rotatable bonds is 9. The van der Waals surface area contributed by atoms with E-state index in [1.165, 1.54) is 11.3 Å². The summed E-state index contributed by atoms with van der Waals surface area (Å²) in [6.45, 7) is 0.440. The highest BCUT2D eigenvalue weighted by Gasteiger charge is 2.15. The molecule has 1 N–H and O–H groups in total. The first kappa shape index (κ1) is 22.4. The SMILES string of the molecule is COc1cc(OC)cc(C(=O)NCCc2csc3nc(-c4ccc(OC)c(OC)c4)nn23)c1. The zero-order valence-electron chi connectivity index (χ0n) is 18.7. The van der Waals surface area contributed by atoms with E-state index in [0.29, 0.717) is 47.4 Å². The van der Waals surface area contributed by atoms with Crippen molar-refractivity contribution in [2.24, 2.45) is 0 Å². The van der Waals surface area contributed by atoms with Crippen LogP contribution in [0, 0.1) is 0 Å². The van der Waals surface area contributed by atoms with E-state index >= 15 is 0 Å². The summed E-state index contributed by atoms with van der Waals surface area (Å²) in [6.07, 6.45) is 0.599. The van der Waals surface area contributed by atoms with Crippen LogP contribution in [0.2, 0.25) is 0 Å². The van der Waals surface area contributed by atoms with Crippen LogP contribution in [0.3, 0.4) is 0 Å². The lowest BCUT2D eigenvalue weighted by Gasteiger charge is -2.09. The van der Waals surface area contributed by atoms with E-state index in [1.54, 1.807) is 51.2 Å². The van der Waals surface area contributed by atoms with E-state index < -0.39 is 0 Å². The number of carbonyl (C=O) groups is 1. The van der Waals surface area contributed by atoms with E-state index in [2.05, 4.69) is 15.4 Å². The van der Waals surface area contributed by atoms with E-state index in [1.807, 2.05) is 23.6 Å². The van der Waals surface area contributed by atoms with Gasteiger partial charge in [0.2, 0.25) is 4.96 Å². The van der Waals surface area contributed by atoms with Gasteiger partial charge in [-0.15, -0.1) is 16.4 Å². The van der Waals surface area contributed by atoms with Crippen molar-refractivity contribution >= 4 is 22.2 Å². The average Bonchev–Trinajstić information content (AvgIpc) is 3.44. The maximum absolute atomic E-state index is 12.6. The fraction of sp³-hybridized carbons (Fsp3) is 0.261. The minimum Gasteiger partial charge on any atom is -0.497 e. The molecule has 0 atom stereocenters. The number of thiazole rings is 1. The standard InChI is InChI=1S/C23H24N4O5S/c1-29-17-9-15(10-18(12-17)30-2)22(28)24-8-7-16-13-33-23-25-21(26-27(16)23)14-5-6-19(31-3)20(11-14)32-4/h5-6,9-13H,7-8H2,1-4H3,(H,24,28). The zero-order chi connectivity index (χ0) is 23.4. The molecule has 0 spiro atoms. The van der Waals surface area contributed by atoms with Gasteiger partial charge in [0.25, 0.3) is 5.91 Å². The minimum absolute atomic E-state index is 0.205. The maximum atomic E-state index is 12.6. The number of carbonyl (C=O) groups excluding carboxylic acids is 1. The minimum atomic E-state index is -0.205. The van der Waals surface area contributed by atoms with Gasteiger partial charge in [-0.3, -0.25) is 4.79 Å². The van der Waals surface area contributed by atoms with Crippen molar-refractivity contribution < 1.29 is 23.7 Å². The molecule has 1 amide bonds. The van der Waals surface area contributed by atoms with Crippen LogP contribution < -0.4 is 24.3 Å². The first-order valence-corrected chi connectivity index (χ1v) is 11.0. The molecule has 0 saturated heterocycles. The predicted octanol–water partition coefficient (Wildman–Crippen LogP) is 3.46. The Hall–Kier alpha value is -3.79. The van der Waals surface area contributed by atoms with Crippen LogP contribution in [0.4, 0.5) is 0 Å². The third-order valence-electron chi connectivity index (χ3n) is 5.07. The number of benzene rings is 2. The molecule has 4 rings (SSSR count). The van der Waals surface area contributed by atoms with E-state index in [0.717, 1.165) is 16.2 Å². The van der Waals surface area contributed by atoms with Gasteiger partial charge >= 0.3 is 0 Å². The Morgan fingerprint density at radius 2 is 1.70 bits per heavy atom. The van der Waals surface area contributed by atoms with Crippen LogP contribution in [0.25, 0.3) is 16.3 Å². The molecule has 172 valence electrons. The number of hydrogen-bond donors (Lipinski definition) is 1. The Labute approximate surface area is 194 Å². The molecule has 2 heterocycles. The fourth-order valence-electron chi connectivity index (χ4n) is 3.34. The number of ether oxygens (including phenoxy) is 4. The third-order valence-corrected chi connectivity index (χ3v) is 5.94. The second kappa shape index (κ2) is 9.78. The highest BCUT2D eigenvalue weighted by atomic mass is 32.1. The van der Waals surface area contributed by atoms with E-state index in [-0.39, 0.29) is 5.91 Å². The summed E-state index contributed by atoms with van der Waals surface area (Å²) in [6, 6.07) is 10.6. The molecule has 0 fully saturated rings. The largest absolute Gasteiger partial charge is 0.497 e. The number of hydrogen-bond acceptors (Lipinski definition) is 8. The second-order valence-electron chi connectivity index (χ2n) is 7.03. The molecule has 0 bridgehead atoms. The quantitative estimate of drug-likeness (QED) is 0.402. The monoisotopic (exact) mass is 468 g/mol. The molecular formula is C23H24N4O5S. The summed E-state index contributed by atoms with van der Waals surface area (Å²) < 4.78 is 22.9. The smallest absolute Gasteiger partial charge is 0.251 e. The molecular weight excluding hydrogens is 444 g/mol. The van der Waals surface area contributed by atoms with Crippen LogP contribution in [-0.2, 0) is 6.42 Å². The van der Waals surface area contributed by atoms with Gasteiger partial charge in [-0.25, -0.2) is 4.52 Å². The van der Waals surface area contributed by atoms with Gasteiger partial charge in [-0.2, -0.15) is 4.98 Å². The van der Waals surface area contributed by atoms with Crippen LogP contribution in [0.15, 0.2) is 41.8 Å². The highest BCUT2D eigenvalue weighted by Crippen LogP contribution is 2.31. The summed E-state index contributed by atoms with van der Waals surface area (Å²) in [4.78, 5) is 18.0.